The fraction of sp³-hybridized carbons (Fsp3) is 0.438. The summed E-state index contributed by atoms with van der Waals surface area (Å²) >= 11 is 1.53. The average molecular weight is 580 g/mol. The van der Waals surface area contributed by atoms with Crippen molar-refractivity contribution in [1.29, 1.82) is 0 Å². The molecule has 1 heterocycles. The first kappa shape index (κ1) is 30.8. The molecule has 9 heteroatoms. The van der Waals surface area contributed by atoms with E-state index in [1.54, 1.807) is 24.0 Å². The minimum Gasteiger partial charge on any atom is -0.508 e. The van der Waals surface area contributed by atoms with Crippen LogP contribution in [0.4, 0.5) is 0 Å². The molecule has 1 aliphatic carbocycles. The van der Waals surface area contributed by atoms with Crippen LogP contribution in [0.5, 0.6) is 5.75 Å². The Hall–Kier alpha value is -3.11. The van der Waals surface area contributed by atoms with Crippen LogP contribution in [0, 0.1) is 19.8 Å². The molecule has 5 atom stereocenters. The lowest BCUT2D eigenvalue weighted by Crippen LogP contribution is -2.60. The van der Waals surface area contributed by atoms with Gasteiger partial charge in [-0.3, -0.25) is 14.5 Å². The number of aromatic hydroxyl groups is 1. The molecule has 2 amide bonds. The number of aliphatic hydroxyl groups excluding tert-OH is 2. The number of amides is 2. The molecule has 2 aliphatic rings. The number of hydrogen-bond donors (Lipinski definition) is 5. The number of carbonyl (C=O) groups is 2. The second-order valence-electron chi connectivity index (χ2n) is 11.4. The number of thioether (sulfide) groups is 1. The van der Waals surface area contributed by atoms with E-state index in [-0.39, 0.29) is 17.6 Å². The molecule has 0 spiro atoms. The first-order chi connectivity index (χ1) is 19.5. The van der Waals surface area contributed by atoms with E-state index in [0.717, 1.165) is 17.5 Å². The normalized spacial score (nSPS) is 22.2. The zero-order valence-electron chi connectivity index (χ0n) is 24.1. The molecule has 0 saturated carbocycles. The van der Waals surface area contributed by atoms with Gasteiger partial charge in [-0.2, -0.15) is 0 Å². The highest BCUT2D eigenvalue weighted by molar-refractivity contribution is 8.00. The number of aliphatic hydroxyl groups is 2. The van der Waals surface area contributed by atoms with E-state index in [4.69, 9.17) is 0 Å². The number of phenols is 1. The number of nitrogens with one attached hydrogen (secondary N) is 2. The molecule has 41 heavy (non-hydrogen) atoms. The largest absolute Gasteiger partial charge is 0.508 e. The van der Waals surface area contributed by atoms with Gasteiger partial charge in [-0.25, -0.2) is 0 Å². The van der Waals surface area contributed by atoms with Gasteiger partial charge in [-0.15, -0.1) is 11.8 Å². The fourth-order valence-corrected chi connectivity index (χ4v) is 6.70. The summed E-state index contributed by atoms with van der Waals surface area (Å²) in [6.07, 6.45) is 6.28. The molecule has 220 valence electrons. The van der Waals surface area contributed by atoms with Gasteiger partial charge in [0.2, 0.25) is 5.91 Å². The van der Waals surface area contributed by atoms with E-state index in [1.807, 2.05) is 69.3 Å². The Morgan fingerprint density at radius 2 is 1.85 bits per heavy atom. The molecule has 0 radical (unpaired) electrons. The maximum absolute atomic E-state index is 13.5. The number of rotatable bonds is 10. The highest BCUT2D eigenvalue weighted by Gasteiger charge is 2.50. The quantitative estimate of drug-likeness (QED) is 0.290. The summed E-state index contributed by atoms with van der Waals surface area (Å²) in [4.78, 5) is 28.5. The summed E-state index contributed by atoms with van der Waals surface area (Å²) in [7, 11) is 0. The molecule has 1 fully saturated rings. The lowest BCUT2D eigenvalue weighted by atomic mass is 9.89. The van der Waals surface area contributed by atoms with E-state index in [2.05, 4.69) is 10.6 Å². The molecule has 0 bridgehead atoms. The molecule has 8 nitrogen and oxygen atoms in total. The van der Waals surface area contributed by atoms with Crippen LogP contribution in [0.15, 0.2) is 66.8 Å². The predicted octanol–water partition coefficient (Wildman–Crippen LogP) is 3.78. The van der Waals surface area contributed by atoms with Crippen molar-refractivity contribution in [3.8, 4) is 5.75 Å². The van der Waals surface area contributed by atoms with E-state index in [1.165, 1.54) is 17.8 Å². The van der Waals surface area contributed by atoms with E-state index >= 15 is 0 Å². The minimum atomic E-state index is -1.41. The SMILES string of the molecule is Cc1ccccc1CNC(=O)C1N(C(O)C(O)C(C[C@H]2C=CC=CC2)NC(=O)c2cccc(O)c2C)CSC1(C)C. The molecule has 0 aromatic heterocycles. The lowest BCUT2D eigenvalue weighted by Gasteiger charge is -2.38. The molecule has 4 unspecified atom stereocenters. The highest BCUT2D eigenvalue weighted by atomic mass is 32.2. The van der Waals surface area contributed by atoms with Crippen molar-refractivity contribution in [2.75, 3.05) is 5.88 Å². The summed E-state index contributed by atoms with van der Waals surface area (Å²) in [5.41, 5.74) is 2.81. The first-order valence-corrected chi connectivity index (χ1v) is 15.0. The van der Waals surface area contributed by atoms with Crippen molar-refractivity contribution in [1.82, 2.24) is 15.5 Å². The maximum Gasteiger partial charge on any atom is 0.251 e. The summed E-state index contributed by atoms with van der Waals surface area (Å²) in [6, 6.07) is 11.0. The van der Waals surface area contributed by atoms with Gasteiger partial charge in [0.05, 0.1) is 6.04 Å². The van der Waals surface area contributed by atoms with Gasteiger partial charge in [-0.05, 0) is 69.7 Å². The number of hydrogen-bond acceptors (Lipinski definition) is 7. The third-order valence-corrected chi connectivity index (χ3v) is 9.48. The smallest absolute Gasteiger partial charge is 0.251 e. The number of allylic oxidation sites excluding steroid dienone is 4. The molecule has 5 N–H and O–H groups in total. The Balaban J connectivity index is 1.53. The number of nitrogens with zero attached hydrogens (tertiary/aromatic N) is 1. The van der Waals surface area contributed by atoms with E-state index in [9.17, 15) is 24.9 Å². The van der Waals surface area contributed by atoms with Gasteiger partial charge in [0.25, 0.3) is 5.91 Å². The van der Waals surface area contributed by atoms with Crippen molar-refractivity contribution < 1.29 is 24.9 Å². The number of phenolic OH excluding ortho intramolecular Hbond substituents is 1. The number of aryl methyl sites for hydroxylation is 1. The lowest BCUT2D eigenvalue weighted by molar-refractivity contribution is -0.139. The van der Waals surface area contributed by atoms with Gasteiger partial charge in [0.15, 0.2) is 0 Å². The molecular weight excluding hydrogens is 538 g/mol. The second-order valence-corrected chi connectivity index (χ2v) is 13.0. The van der Waals surface area contributed by atoms with Crippen LogP contribution in [0.3, 0.4) is 0 Å². The monoisotopic (exact) mass is 579 g/mol. The third kappa shape index (κ3) is 7.22. The van der Waals surface area contributed by atoms with Crippen LogP contribution >= 0.6 is 11.8 Å². The predicted molar refractivity (Wildman–Crippen MR) is 162 cm³/mol. The molecule has 4 rings (SSSR count). The Kier molecular flexibility index (Phi) is 9.96. The summed E-state index contributed by atoms with van der Waals surface area (Å²) < 4.78 is -0.523. The van der Waals surface area contributed by atoms with Crippen LogP contribution < -0.4 is 10.6 Å². The van der Waals surface area contributed by atoms with Gasteiger partial charge < -0.3 is 26.0 Å². The Labute approximate surface area is 246 Å². The van der Waals surface area contributed by atoms with Crippen LogP contribution in [0.2, 0.25) is 0 Å². The first-order valence-electron chi connectivity index (χ1n) is 14.0. The molecular formula is C32H41N3O5S. The summed E-state index contributed by atoms with van der Waals surface area (Å²) in [5, 5.41) is 39.2. The number of carbonyl (C=O) groups excluding carboxylic acids is 2. The Bertz CT molecular complexity index is 1310. The molecule has 1 aliphatic heterocycles. The van der Waals surface area contributed by atoms with Crippen LogP contribution in [0.1, 0.15) is 53.7 Å². The van der Waals surface area contributed by atoms with Crippen LogP contribution in [-0.2, 0) is 11.3 Å². The topological polar surface area (TPSA) is 122 Å². The van der Waals surface area contributed by atoms with Gasteiger partial charge in [0.1, 0.15) is 24.1 Å². The van der Waals surface area contributed by atoms with Crippen molar-refractivity contribution in [3.05, 3.63) is 89.0 Å². The summed E-state index contributed by atoms with van der Waals surface area (Å²) in [6.45, 7) is 7.92. The van der Waals surface area contributed by atoms with Crippen molar-refractivity contribution in [3.63, 3.8) is 0 Å². The number of benzene rings is 2. The van der Waals surface area contributed by atoms with E-state index < -0.39 is 35.1 Å². The van der Waals surface area contributed by atoms with Crippen molar-refractivity contribution >= 4 is 23.6 Å². The Morgan fingerprint density at radius 1 is 1.10 bits per heavy atom. The highest BCUT2D eigenvalue weighted by Crippen LogP contribution is 2.41. The molecule has 2 aromatic carbocycles. The zero-order valence-corrected chi connectivity index (χ0v) is 24.9. The second kappa shape index (κ2) is 13.2. The van der Waals surface area contributed by atoms with Crippen molar-refractivity contribution in [2.45, 2.75) is 76.2 Å². The zero-order chi connectivity index (χ0) is 29.7. The summed E-state index contributed by atoms with van der Waals surface area (Å²) in [5.74, 6) is -0.285. The van der Waals surface area contributed by atoms with Crippen molar-refractivity contribution in [2.24, 2.45) is 5.92 Å². The fourth-order valence-electron chi connectivity index (χ4n) is 5.51. The molecule has 2 aromatic rings. The van der Waals surface area contributed by atoms with E-state index in [0.29, 0.717) is 30.0 Å². The van der Waals surface area contributed by atoms with Gasteiger partial charge >= 0.3 is 0 Å². The van der Waals surface area contributed by atoms with Crippen LogP contribution in [-0.4, -0.2) is 67.1 Å². The van der Waals surface area contributed by atoms with Crippen LogP contribution in [0.25, 0.3) is 0 Å². The van der Waals surface area contributed by atoms with Gasteiger partial charge in [0, 0.05) is 28.3 Å². The molecule has 1 saturated heterocycles. The van der Waals surface area contributed by atoms with Gasteiger partial charge in [-0.1, -0.05) is 54.6 Å². The third-order valence-electron chi connectivity index (χ3n) is 8.09. The standard InChI is InChI=1S/C32H41N3O5S/c1-20-11-8-9-14-23(20)18-33-30(39)28-32(3,4)41-19-35(28)31(40)27(37)25(17-22-12-6-5-7-13-22)34-29(38)24-15-10-16-26(36)21(24)2/h5-12,14-16,22,25,27-28,31,36-37,40H,13,17-19H2,1-4H3,(H,33,39)(H,34,38)/t22-,25?,27?,28?,31?/m0/s1. The minimum absolute atomic E-state index is 0.00556. The maximum atomic E-state index is 13.5. The Morgan fingerprint density at radius 3 is 2.56 bits per heavy atom. The average Bonchev–Trinajstić information content (AvgIpc) is 3.28.